The lowest BCUT2D eigenvalue weighted by molar-refractivity contribution is -0.114. The number of carbonyl (C=O) groups excluding carboxylic acids is 1. The highest BCUT2D eigenvalue weighted by Gasteiger charge is 2.19. The Labute approximate surface area is 129 Å². The summed E-state index contributed by atoms with van der Waals surface area (Å²) in [5, 5.41) is 10.2. The lowest BCUT2D eigenvalue weighted by atomic mass is 9.92. The number of hydrogen-bond donors (Lipinski definition) is 1. The molecule has 0 bridgehead atoms. The highest BCUT2D eigenvalue weighted by Crippen LogP contribution is 2.25. The maximum Gasteiger partial charge on any atom is 0.126 e. The maximum atomic E-state index is 11.2. The van der Waals surface area contributed by atoms with Crippen LogP contribution in [-0.4, -0.2) is 11.4 Å². The number of aliphatic hydroxyl groups is 1. The van der Waals surface area contributed by atoms with E-state index < -0.39 is 6.10 Å². The van der Waals surface area contributed by atoms with Gasteiger partial charge in [0, 0.05) is 5.92 Å². The van der Waals surface area contributed by atoms with Crippen LogP contribution >= 0.6 is 0 Å². The molecule has 1 aromatic rings. The molecule has 2 atom stereocenters. The minimum absolute atomic E-state index is 0.271. The second kappa shape index (κ2) is 11.5. The predicted molar refractivity (Wildman–Crippen MR) is 88.2 cm³/mol. The molecule has 2 nitrogen and oxygen atoms in total. The fraction of sp³-hybridized carbons (Fsp3) is 0.632. The molecule has 0 saturated carbocycles. The summed E-state index contributed by atoms with van der Waals surface area (Å²) in [4.78, 5) is 11.2. The summed E-state index contributed by atoms with van der Waals surface area (Å²) < 4.78 is 0. The zero-order valence-electron chi connectivity index (χ0n) is 13.3. The summed E-state index contributed by atoms with van der Waals surface area (Å²) in [6, 6.07) is 9.49. The first-order chi connectivity index (χ1) is 10.3. The Morgan fingerprint density at radius 2 is 1.52 bits per heavy atom. The molecule has 0 aliphatic rings. The number of benzene rings is 1. The molecule has 1 aromatic carbocycles. The molecule has 21 heavy (non-hydrogen) atoms. The van der Waals surface area contributed by atoms with Crippen LogP contribution in [0.15, 0.2) is 30.3 Å². The molecule has 0 aliphatic heterocycles. The monoisotopic (exact) mass is 290 g/mol. The number of aliphatic hydroxyl groups excluding tert-OH is 1. The van der Waals surface area contributed by atoms with Crippen molar-refractivity contribution in [1.82, 2.24) is 0 Å². The molecular formula is C19H30O2. The lowest BCUT2D eigenvalue weighted by Gasteiger charge is -2.18. The molecule has 2 heteroatoms. The number of hydrogen-bond acceptors (Lipinski definition) is 2. The molecule has 0 heterocycles. The second-order valence-corrected chi connectivity index (χ2v) is 5.92. The summed E-state index contributed by atoms with van der Waals surface area (Å²) in [7, 11) is 0. The van der Waals surface area contributed by atoms with Crippen molar-refractivity contribution in [3.8, 4) is 0 Å². The standard InChI is InChI=1S/C19H30O2/c1-2-3-4-5-6-7-8-10-15-18(16-20)19(21)17-13-11-9-12-14-17/h9,11-14,16,18-19,21H,2-8,10,15H2,1H3. The first kappa shape index (κ1) is 17.9. The van der Waals surface area contributed by atoms with Crippen LogP contribution in [0.5, 0.6) is 0 Å². The van der Waals surface area contributed by atoms with Crippen LogP contribution in [0.25, 0.3) is 0 Å². The van der Waals surface area contributed by atoms with Gasteiger partial charge in [-0.15, -0.1) is 0 Å². The minimum atomic E-state index is -0.659. The fourth-order valence-electron chi connectivity index (χ4n) is 2.71. The largest absolute Gasteiger partial charge is 0.388 e. The van der Waals surface area contributed by atoms with Gasteiger partial charge in [-0.2, -0.15) is 0 Å². The Morgan fingerprint density at radius 3 is 2.10 bits per heavy atom. The fourth-order valence-corrected chi connectivity index (χ4v) is 2.71. The highest BCUT2D eigenvalue weighted by molar-refractivity contribution is 5.55. The molecule has 0 aromatic heterocycles. The maximum absolute atomic E-state index is 11.2. The molecule has 1 N–H and O–H groups in total. The van der Waals surface area contributed by atoms with Crippen LogP contribution in [0.2, 0.25) is 0 Å². The number of rotatable bonds is 12. The van der Waals surface area contributed by atoms with Crippen LogP contribution in [0.1, 0.15) is 76.4 Å². The van der Waals surface area contributed by atoms with Crippen LogP contribution in [0, 0.1) is 5.92 Å². The van der Waals surface area contributed by atoms with Gasteiger partial charge in [0.25, 0.3) is 0 Å². The van der Waals surface area contributed by atoms with E-state index in [2.05, 4.69) is 6.92 Å². The van der Waals surface area contributed by atoms with Gasteiger partial charge in [0.05, 0.1) is 6.10 Å². The minimum Gasteiger partial charge on any atom is -0.388 e. The third-order valence-corrected chi connectivity index (χ3v) is 4.11. The van der Waals surface area contributed by atoms with Crippen molar-refractivity contribution in [3.63, 3.8) is 0 Å². The van der Waals surface area contributed by atoms with Crippen molar-refractivity contribution in [1.29, 1.82) is 0 Å². The third-order valence-electron chi connectivity index (χ3n) is 4.11. The molecule has 0 aliphatic carbocycles. The SMILES string of the molecule is CCCCCCCCCCC(C=O)C(O)c1ccccc1. The van der Waals surface area contributed by atoms with E-state index in [-0.39, 0.29) is 5.92 Å². The Bertz CT molecular complexity index is 361. The van der Waals surface area contributed by atoms with E-state index in [9.17, 15) is 9.90 Å². The van der Waals surface area contributed by atoms with Gasteiger partial charge in [-0.3, -0.25) is 0 Å². The van der Waals surface area contributed by atoms with E-state index in [0.29, 0.717) is 0 Å². The van der Waals surface area contributed by atoms with E-state index >= 15 is 0 Å². The van der Waals surface area contributed by atoms with Crippen molar-refractivity contribution >= 4 is 6.29 Å². The van der Waals surface area contributed by atoms with Crippen LogP contribution in [0.4, 0.5) is 0 Å². The summed E-state index contributed by atoms with van der Waals surface area (Å²) in [5.74, 6) is -0.271. The Morgan fingerprint density at radius 1 is 0.952 bits per heavy atom. The van der Waals surface area contributed by atoms with E-state index in [1.807, 2.05) is 30.3 Å². The van der Waals surface area contributed by atoms with Gasteiger partial charge in [0.1, 0.15) is 6.29 Å². The summed E-state index contributed by atoms with van der Waals surface area (Å²) in [5.41, 5.74) is 0.842. The molecule has 0 amide bonds. The molecule has 118 valence electrons. The molecule has 0 spiro atoms. The van der Waals surface area contributed by atoms with Crippen molar-refractivity contribution < 1.29 is 9.90 Å². The van der Waals surface area contributed by atoms with Gasteiger partial charge in [0.2, 0.25) is 0 Å². The van der Waals surface area contributed by atoms with Gasteiger partial charge < -0.3 is 9.90 Å². The second-order valence-electron chi connectivity index (χ2n) is 5.92. The van der Waals surface area contributed by atoms with Gasteiger partial charge in [-0.1, -0.05) is 88.6 Å². The van der Waals surface area contributed by atoms with E-state index in [1.165, 1.54) is 38.5 Å². The number of unbranched alkanes of at least 4 members (excludes halogenated alkanes) is 7. The summed E-state index contributed by atoms with van der Waals surface area (Å²) in [6.07, 6.45) is 11.1. The van der Waals surface area contributed by atoms with E-state index in [0.717, 1.165) is 31.1 Å². The number of aldehydes is 1. The average Bonchev–Trinajstić information content (AvgIpc) is 2.54. The summed E-state index contributed by atoms with van der Waals surface area (Å²) >= 11 is 0. The molecule has 1 rings (SSSR count). The Kier molecular flexibility index (Phi) is 9.81. The third kappa shape index (κ3) is 7.42. The Hall–Kier alpha value is -1.15. The van der Waals surface area contributed by atoms with Crippen LogP contribution in [-0.2, 0) is 4.79 Å². The van der Waals surface area contributed by atoms with Gasteiger partial charge in [0.15, 0.2) is 0 Å². The topological polar surface area (TPSA) is 37.3 Å². The number of carbonyl (C=O) groups is 1. The van der Waals surface area contributed by atoms with Crippen LogP contribution in [0.3, 0.4) is 0 Å². The first-order valence-electron chi connectivity index (χ1n) is 8.48. The van der Waals surface area contributed by atoms with Crippen molar-refractivity contribution in [3.05, 3.63) is 35.9 Å². The van der Waals surface area contributed by atoms with Crippen molar-refractivity contribution in [2.45, 2.75) is 70.8 Å². The smallest absolute Gasteiger partial charge is 0.126 e. The lowest BCUT2D eigenvalue weighted by Crippen LogP contribution is -2.14. The zero-order chi connectivity index (χ0) is 15.3. The average molecular weight is 290 g/mol. The van der Waals surface area contributed by atoms with Gasteiger partial charge >= 0.3 is 0 Å². The molecule has 0 radical (unpaired) electrons. The zero-order valence-corrected chi connectivity index (χ0v) is 13.3. The molecule has 2 unspecified atom stereocenters. The highest BCUT2D eigenvalue weighted by atomic mass is 16.3. The molecule has 0 saturated heterocycles. The normalized spacial score (nSPS) is 13.8. The van der Waals surface area contributed by atoms with Gasteiger partial charge in [-0.25, -0.2) is 0 Å². The Balaban J connectivity index is 2.18. The quantitative estimate of drug-likeness (QED) is 0.431. The van der Waals surface area contributed by atoms with Crippen LogP contribution < -0.4 is 0 Å². The van der Waals surface area contributed by atoms with E-state index in [1.54, 1.807) is 0 Å². The molecular weight excluding hydrogens is 260 g/mol. The van der Waals surface area contributed by atoms with Gasteiger partial charge in [-0.05, 0) is 12.0 Å². The molecule has 0 fully saturated rings. The first-order valence-corrected chi connectivity index (χ1v) is 8.48. The van der Waals surface area contributed by atoms with Crippen molar-refractivity contribution in [2.75, 3.05) is 0 Å². The predicted octanol–water partition coefficient (Wildman–Crippen LogP) is 5.07. The van der Waals surface area contributed by atoms with Crippen molar-refractivity contribution in [2.24, 2.45) is 5.92 Å². The summed E-state index contributed by atoms with van der Waals surface area (Å²) in [6.45, 7) is 2.23. The van der Waals surface area contributed by atoms with E-state index in [4.69, 9.17) is 0 Å².